The molecule has 30 heavy (non-hydrogen) atoms. The molecule has 158 valence electrons. The topological polar surface area (TPSA) is 122 Å². The van der Waals surface area contributed by atoms with Gasteiger partial charge < -0.3 is 10.4 Å². The zero-order chi connectivity index (χ0) is 22.8. The van der Waals surface area contributed by atoms with Gasteiger partial charge in [0.15, 0.2) is 17.2 Å². The summed E-state index contributed by atoms with van der Waals surface area (Å²) in [5.74, 6) is -1.91. The first-order valence-corrected chi connectivity index (χ1v) is 9.51. The molecule has 0 aliphatic carbocycles. The number of carbonyl (C=O) groups excluding carboxylic acids is 2. The molecule has 11 heteroatoms. The smallest absolute Gasteiger partial charge is 0.278 e. The first-order chi connectivity index (χ1) is 13.8. The van der Waals surface area contributed by atoms with Gasteiger partial charge in [0.2, 0.25) is 0 Å². The molecule has 1 amide bonds. The minimum Gasteiger partial charge on any atom is -0.505 e. The summed E-state index contributed by atoms with van der Waals surface area (Å²) in [6, 6.07) is 5.94. The van der Waals surface area contributed by atoms with Gasteiger partial charge in [-0.1, -0.05) is 55.6 Å². The molecule has 0 spiro atoms. The van der Waals surface area contributed by atoms with Crippen molar-refractivity contribution in [2.45, 2.75) is 20.8 Å². The molecule has 0 bridgehead atoms. The summed E-state index contributed by atoms with van der Waals surface area (Å²) in [7, 11) is 0. The van der Waals surface area contributed by atoms with E-state index in [1.165, 1.54) is 24.3 Å². The Kier molecular flexibility index (Phi) is 7.07. The predicted molar refractivity (Wildman–Crippen MR) is 116 cm³/mol. The maximum atomic E-state index is 12.9. The standard InChI is InChI=1S/C19H16Cl3N3O5/c1-19(2,3)17(27)15(23-9-6-12(21)16(26)13(22)7-9)18(28)24-14-8-10(25(29)30)4-5-11(14)20/h4-8,26H,1-3H3,(H,24,28). The van der Waals surface area contributed by atoms with Crippen LogP contribution in [0.15, 0.2) is 35.3 Å². The number of anilines is 1. The summed E-state index contributed by atoms with van der Waals surface area (Å²) in [6.07, 6.45) is 0. The van der Waals surface area contributed by atoms with E-state index in [1.807, 2.05) is 0 Å². The first-order valence-electron chi connectivity index (χ1n) is 8.38. The number of ketones is 1. The number of phenols is 1. The van der Waals surface area contributed by atoms with Gasteiger partial charge >= 0.3 is 0 Å². The Balaban J connectivity index is 2.53. The predicted octanol–water partition coefficient (Wildman–Crippen LogP) is 5.59. The molecule has 2 rings (SSSR count). The van der Waals surface area contributed by atoms with Gasteiger partial charge in [0.05, 0.1) is 31.4 Å². The summed E-state index contributed by atoms with van der Waals surface area (Å²) >= 11 is 17.8. The molecule has 0 aromatic heterocycles. The Bertz CT molecular complexity index is 1050. The molecule has 0 fully saturated rings. The van der Waals surface area contributed by atoms with Crippen LogP contribution in [-0.2, 0) is 9.59 Å². The molecule has 8 nitrogen and oxygen atoms in total. The third-order valence-corrected chi connectivity index (χ3v) is 4.67. The van der Waals surface area contributed by atoms with E-state index in [1.54, 1.807) is 20.8 Å². The number of aromatic hydroxyl groups is 1. The van der Waals surface area contributed by atoms with Crippen molar-refractivity contribution in [1.82, 2.24) is 0 Å². The number of rotatable bonds is 5. The van der Waals surface area contributed by atoms with Gasteiger partial charge in [-0.2, -0.15) is 0 Å². The van der Waals surface area contributed by atoms with E-state index in [2.05, 4.69) is 10.3 Å². The number of non-ortho nitro benzene ring substituents is 1. The summed E-state index contributed by atoms with van der Waals surface area (Å²) in [6.45, 7) is 4.78. The monoisotopic (exact) mass is 471 g/mol. The average Bonchev–Trinajstić information content (AvgIpc) is 2.64. The number of nitrogens with zero attached hydrogens (tertiary/aromatic N) is 2. The second-order valence-electron chi connectivity index (χ2n) is 7.17. The Labute approximate surface area is 186 Å². The molecule has 0 saturated heterocycles. The molecule has 2 aromatic carbocycles. The number of nitro benzene ring substituents is 1. The van der Waals surface area contributed by atoms with Crippen molar-refractivity contribution < 1.29 is 19.6 Å². The highest BCUT2D eigenvalue weighted by Crippen LogP contribution is 2.36. The number of Topliss-reactive ketones (excluding diaryl/α,β-unsaturated/α-hetero) is 1. The van der Waals surface area contributed by atoms with E-state index in [0.29, 0.717) is 0 Å². The lowest BCUT2D eigenvalue weighted by molar-refractivity contribution is -0.384. The van der Waals surface area contributed by atoms with Crippen molar-refractivity contribution in [1.29, 1.82) is 0 Å². The number of aliphatic imine (C=N–C) groups is 1. The molecule has 0 saturated carbocycles. The minimum atomic E-state index is -0.979. The number of halogens is 3. The zero-order valence-electron chi connectivity index (χ0n) is 16.0. The van der Waals surface area contributed by atoms with Gasteiger partial charge in [-0.15, -0.1) is 0 Å². The van der Waals surface area contributed by atoms with Gasteiger partial charge in [-0.3, -0.25) is 19.7 Å². The number of phenolic OH excluding ortho intramolecular Hbond substituents is 1. The number of nitrogens with one attached hydrogen (secondary N) is 1. The lowest BCUT2D eigenvalue weighted by Crippen LogP contribution is -2.37. The molecule has 0 unspecified atom stereocenters. The van der Waals surface area contributed by atoms with Crippen LogP contribution in [0.4, 0.5) is 17.1 Å². The van der Waals surface area contributed by atoms with E-state index >= 15 is 0 Å². The largest absolute Gasteiger partial charge is 0.505 e. The Morgan fingerprint density at radius 2 is 1.63 bits per heavy atom. The summed E-state index contributed by atoms with van der Waals surface area (Å²) in [4.78, 5) is 40.1. The van der Waals surface area contributed by atoms with Crippen LogP contribution in [0.5, 0.6) is 5.75 Å². The van der Waals surface area contributed by atoms with Crippen molar-refractivity contribution in [3.8, 4) is 5.75 Å². The highest BCUT2D eigenvalue weighted by molar-refractivity contribution is 6.68. The summed E-state index contributed by atoms with van der Waals surface area (Å²) in [5.41, 5.74) is -1.79. The lowest BCUT2D eigenvalue weighted by Gasteiger charge is -2.18. The van der Waals surface area contributed by atoms with Gasteiger partial charge in [-0.05, 0) is 18.2 Å². The molecule has 0 aliphatic heterocycles. The van der Waals surface area contributed by atoms with E-state index in [-0.39, 0.29) is 37.9 Å². The van der Waals surface area contributed by atoms with Crippen molar-refractivity contribution in [2.24, 2.45) is 10.4 Å². The van der Waals surface area contributed by atoms with Gasteiger partial charge in [0, 0.05) is 17.5 Å². The van der Waals surface area contributed by atoms with Crippen molar-refractivity contribution >= 4 is 69.3 Å². The lowest BCUT2D eigenvalue weighted by atomic mass is 9.87. The third-order valence-electron chi connectivity index (χ3n) is 3.76. The SMILES string of the molecule is CC(C)(C)C(=O)C(=Nc1cc(Cl)c(O)c(Cl)c1)C(=O)Nc1cc([N+](=O)[O-])ccc1Cl. The second kappa shape index (κ2) is 8.99. The second-order valence-corrected chi connectivity index (χ2v) is 8.39. The third kappa shape index (κ3) is 5.47. The van der Waals surface area contributed by atoms with E-state index in [0.717, 1.165) is 6.07 Å². The maximum absolute atomic E-state index is 12.9. The van der Waals surface area contributed by atoms with E-state index in [9.17, 15) is 24.8 Å². The molecule has 2 aromatic rings. The number of carbonyl (C=O) groups is 2. The van der Waals surface area contributed by atoms with Crippen LogP contribution >= 0.6 is 34.8 Å². The van der Waals surface area contributed by atoms with Crippen molar-refractivity contribution in [3.05, 3.63) is 55.5 Å². The number of hydrogen-bond donors (Lipinski definition) is 2. The number of amides is 1. The highest BCUT2D eigenvalue weighted by Gasteiger charge is 2.31. The number of nitro groups is 1. The van der Waals surface area contributed by atoms with E-state index in [4.69, 9.17) is 34.8 Å². The minimum absolute atomic E-state index is 0.0345. The van der Waals surface area contributed by atoms with Crippen LogP contribution in [0.1, 0.15) is 20.8 Å². The molecular formula is C19H16Cl3N3O5. The van der Waals surface area contributed by atoms with Crippen LogP contribution in [0.25, 0.3) is 0 Å². The highest BCUT2D eigenvalue weighted by atomic mass is 35.5. The summed E-state index contributed by atoms with van der Waals surface area (Å²) < 4.78 is 0. The Hall–Kier alpha value is -2.68. The number of benzene rings is 2. The van der Waals surface area contributed by atoms with Crippen LogP contribution < -0.4 is 5.32 Å². The van der Waals surface area contributed by atoms with Crippen LogP contribution in [-0.4, -0.2) is 27.4 Å². The van der Waals surface area contributed by atoms with Gasteiger partial charge in [0.1, 0.15) is 0 Å². The molecule has 2 N–H and O–H groups in total. The normalized spacial score (nSPS) is 11.9. The molecule has 0 radical (unpaired) electrons. The molecular weight excluding hydrogens is 457 g/mol. The van der Waals surface area contributed by atoms with Crippen LogP contribution in [0, 0.1) is 15.5 Å². The van der Waals surface area contributed by atoms with Crippen molar-refractivity contribution in [3.63, 3.8) is 0 Å². The summed E-state index contributed by atoms with van der Waals surface area (Å²) in [5, 5.41) is 22.8. The zero-order valence-corrected chi connectivity index (χ0v) is 18.3. The molecule has 0 atom stereocenters. The Morgan fingerprint density at radius 3 is 2.13 bits per heavy atom. The number of hydrogen-bond acceptors (Lipinski definition) is 6. The van der Waals surface area contributed by atoms with Crippen molar-refractivity contribution in [2.75, 3.05) is 5.32 Å². The fourth-order valence-corrected chi connectivity index (χ4v) is 2.85. The van der Waals surface area contributed by atoms with Gasteiger partial charge in [-0.25, -0.2) is 4.99 Å². The van der Waals surface area contributed by atoms with E-state index < -0.39 is 27.7 Å². The Morgan fingerprint density at radius 1 is 1.07 bits per heavy atom. The quantitative estimate of drug-likeness (QED) is 0.254. The fraction of sp³-hybridized carbons (Fsp3) is 0.211. The molecule has 0 heterocycles. The average molecular weight is 473 g/mol. The van der Waals surface area contributed by atoms with Gasteiger partial charge in [0.25, 0.3) is 11.6 Å². The maximum Gasteiger partial charge on any atom is 0.278 e. The first kappa shape index (κ1) is 23.6. The van der Waals surface area contributed by atoms with Crippen LogP contribution in [0.2, 0.25) is 15.1 Å². The molecule has 0 aliphatic rings. The fourth-order valence-electron chi connectivity index (χ4n) is 2.21. The van der Waals surface area contributed by atoms with Crippen LogP contribution in [0.3, 0.4) is 0 Å².